The molecule has 25 heavy (non-hydrogen) atoms. The highest BCUT2D eigenvalue weighted by atomic mass is 16.2. The van der Waals surface area contributed by atoms with Gasteiger partial charge in [0.15, 0.2) is 0 Å². The molecule has 0 fully saturated rings. The molecule has 0 aliphatic carbocycles. The van der Waals surface area contributed by atoms with Crippen molar-refractivity contribution in [1.29, 1.82) is 0 Å². The first-order chi connectivity index (χ1) is 12.0. The van der Waals surface area contributed by atoms with Crippen LogP contribution in [0.5, 0.6) is 0 Å². The number of benzene rings is 1. The van der Waals surface area contributed by atoms with Crippen molar-refractivity contribution in [2.45, 2.75) is 33.9 Å². The molecule has 2 heterocycles. The minimum Gasteiger partial charge on any atom is -0.348 e. The van der Waals surface area contributed by atoms with E-state index in [4.69, 9.17) is 0 Å². The molecule has 3 aromatic rings. The fourth-order valence-electron chi connectivity index (χ4n) is 2.75. The molecule has 0 spiro atoms. The Balaban J connectivity index is 1.93. The van der Waals surface area contributed by atoms with Crippen LogP contribution in [0.25, 0.3) is 11.0 Å². The van der Waals surface area contributed by atoms with Gasteiger partial charge >= 0.3 is 0 Å². The standard InChI is InChI=1S/C20H21N3O2/c1-4-23-12-17(18(24)16-10-7-14(3)22-19(16)23)20(25)21-11-15-8-5-13(2)6-9-15/h5-10,12H,4,11H2,1-3H3,(H,21,25). The summed E-state index contributed by atoms with van der Waals surface area (Å²) in [5.41, 5.74) is 3.47. The van der Waals surface area contributed by atoms with E-state index in [0.717, 1.165) is 11.3 Å². The van der Waals surface area contributed by atoms with Crippen LogP contribution in [0.15, 0.2) is 47.4 Å². The topological polar surface area (TPSA) is 64.0 Å². The Kier molecular flexibility index (Phi) is 4.65. The van der Waals surface area contributed by atoms with Crippen LogP contribution in [0.3, 0.4) is 0 Å². The molecule has 0 saturated heterocycles. The Morgan fingerprint density at radius 2 is 1.84 bits per heavy atom. The number of carbonyl (C=O) groups is 1. The first-order valence-corrected chi connectivity index (χ1v) is 8.34. The summed E-state index contributed by atoms with van der Waals surface area (Å²) >= 11 is 0. The van der Waals surface area contributed by atoms with Gasteiger partial charge in [0.25, 0.3) is 5.91 Å². The van der Waals surface area contributed by atoms with Gasteiger partial charge in [0.2, 0.25) is 5.43 Å². The number of nitrogens with zero attached hydrogens (tertiary/aromatic N) is 2. The van der Waals surface area contributed by atoms with Crippen LogP contribution in [-0.2, 0) is 13.1 Å². The van der Waals surface area contributed by atoms with Gasteiger partial charge in [-0.25, -0.2) is 4.98 Å². The first-order valence-electron chi connectivity index (χ1n) is 8.34. The summed E-state index contributed by atoms with van der Waals surface area (Å²) in [6, 6.07) is 11.5. The van der Waals surface area contributed by atoms with Gasteiger partial charge in [-0.1, -0.05) is 29.8 Å². The average Bonchev–Trinajstić information content (AvgIpc) is 2.61. The minimum absolute atomic E-state index is 0.145. The number of pyridine rings is 2. The zero-order valence-electron chi connectivity index (χ0n) is 14.7. The van der Waals surface area contributed by atoms with E-state index in [9.17, 15) is 9.59 Å². The fraction of sp³-hybridized carbons (Fsp3) is 0.250. The van der Waals surface area contributed by atoms with Crippen LogP contribution in [0, 0.1) is 13.8 Å². The lowest BCUT2D eigenvalue weighted by atomic mass is 10.1. The Hall–Kier alpha value is -2.95. The quantitative estimate of drug-likeness (QED) is 0.797. The number of carbonyl (C=O) groups excluding carboxylic acids is 1. The van der Waals surface area contributed by atoms with Crippen molar-refractivity contribution in [3.05, 3.63) is 75.2 Å². The summed E-state index contributed by atoms with van der Waals surface area (Å²) in [4.78, 5) is 29.7. The average molecular weight is 335 g/mol. The molecule has 0 atom stereocenters. The zero-order valence-corrected chi connectivity index (χ0v) is 14.7. The van der Waals surface area contributed by atoms with Crippen molar-refractivity contribution in [2.75, 3.05) is 0 Å². The van der Waals surface area contributed by atoms with Gasteiger partial charge in [-0.3, -0.25) is 9.59 Å². The number of aromatic nitrogens is 2. The predicted molar refractivity (Wildman–Crippen MR) is 98.8 cm³/mol. The van der Waals surface area contributed by atoms with Gasteiger partial charge in [0.1, 0.15) is 11.2 Å². The van der Waals surface area contributed by atoms with Crippen molar-refractivity contribution in [1.82, 2.24) is 14.9 Å². The number of aryl methyl sites for hydroxylation is 3. The molecule has 5 nitrogen and oxygen atoms in total. The van der Waals surface area contributed by atoms with Crippen molar-refractivity contribution < 1.29 is 4.79 Å². The molecule has 0 radical (unpaired) electrons. The van der Waals surface area contributed by atoms with Crippen molar-refractivity contribution in [3.63, 3.8) is 0 Å². The third-order valence-electron chi connectivity index (χ3n) is 4.22. The molecule has 0 aliphatic heterocycles. The van der Waals surface area contributed by atoms with Gasteiger partial charge in [-0.15, -0.1) is 0 Å². The van der Waals surface area contributed by atoms with Crippen LogP contribution in [0.2, 0.25) is 0 Å². The second-order valence-corrected chi connectivity index (χ2v) is 6.15. The molecule has 0 saturated carbocycles. The van der Waals surface area contributed by atoms with Gasteiger partial charge in [-0.05, 0) is 38.5 Å². The van der Waals surface area contributed by atoms with E-state index in [1.54, 1.807) is 18.3 Å². The highest BCUT2D eigenvalue weighted by molar-refractivity contribution is 5.96. The molecule has 5 heteroatoms. The van der Waals surface area contributed by atoms with Crippen molar-refractivity contribution in [3.8, 4) is 0 Å². The molecule has 1 amide bonds. The summed E-state index contributed by atoms with van der Waals surface area (Å²) in [6.45, 7) is 6.87. The molecule has 2 aromatic heterocycles. The summed E-state index contributed by atoms with van der Waals surface area (Å²) in [6.07, 6.45) is 1.60. The number of rotatable bonds is 4. The van der Waals surface area contributed by atoms with E-state index in [0.29, 0.717) is 24.1 Å². The van der Waals surface area contributed by atoms with Crippen LogP contribution >= 0.6 is 0 Å². The number of fused-ring (bicyclic) bond motifs is 1. The van der Waals surface area contributed by atoms with Crippen LogP contribution in [0.4, 0.5) is 0 Å². The van der Waals surface area contributed by atoms with Gasteiger partial charge < -0.3 is 9.88 Å². The van der Waals surface area contributed by atoms with E-state index in [1.807, 2.05) is 49.6 Å². The molecule has 0 aliphatic rings. The lowest BCUT2D eigenvalue weighted by Gasteiger charge is -2.11. The molecule has 128 valence electrons. The molecule has 1 aromatic carbocycles. The molecule has 3 rings (SSSR count). The third-order valence-corrected chi connectivity index (χ3v) is 4.22. The maximum atomic E-state index is 12.7. The van der Waals surface area contributed by atoms with Crippen molar-refractivity contribution in [2.24, 2.45) is 0 Å². The Labute approximate surface area is 146 Å². The van der Waals surface area contributed by atoms with E-state index < -0.39 is 0 Å². The van der Waals surface area contributed by atoms with Crippen LogP contribution in [0.1, 0.15) is 34.1 Å². The maximum absolute atomic E-state index is 12.7. The number of nitrogens with one attached hydrogen (secondary N) is 1. The summed E-state index contributed by atoms with van der Waals surface area (Å²) in [5.74, 6) is -0.366. The number of hydrogen-bond donors (Lipinski definition) is 1. The second kappa shape index (κ2) is 6.89. The largest absolute Gasteiger partial charge is 0.348 e. The lowest BCUT2D eigenvalue weighted by Crippen LogP contribution is -2.29. The monoisotopic (exact) mass is 335 g/mol. The first kappa shape index (κ1) is 16.9. The second-order valence-electron chi connectivity index (χ2n) is 6.15. The molecular formula is C20H21N3O2. The van der Waals surface area contributed by atoms with E-state index in [2.05, 4.69) is 10.3 Å². The van der Waals surface area contributed by atoms with Gasteiger partial charge in [0, 0.05) is 25.0 Å². The lowest BCUT2D eigenvalue weighted by molar-refractivity contribution is 0.0949. The Morgan fingerprint density at radius 3 is 2.52 bits per heavy atom. The Bertz CT molecular complexity index is 988. The van der Waals surface area contributed by atoms with E-state index in [-0.39, 0.29) is 16.9 Å². The molecule has 0 bridgehead atoms. The van der Waals surface area contributed by atoms with Gasteiger partial charge in [-0.2, -0.15) is 0 Å². The van der Waals surface area contributed by atoms with Crippen LogP contribution in [-0.4, -0.2) is 15.5 Å². The molecule has 1 N–H and O–H groups in total. The predicted octanol–water partition coefficient (Wildman–Crippen LogP) is 2.96. The summed E-state index contributed by atoms with van der Waals surface area (Å²) in [5, 5.41) is 3.30. The van der Waals surface area contributed by atoms with E-state index in [1.165, 1.54) is 5.56 Å². The SMILES string of the molecule is CCn1cc(C(=O)NCc2ccc(C)cc2)c(=O)c2ccc(C)nc21. The number of hydrogen-bond acceptors (Lipinski definition) is 3. The Morgan fingerprint density at radius 1 is 1.12 bits per heavy atom. The minimum atomic E-state index is -0.366. The third kappa shape index (κ3) is 3.45. The normalized spacial score (nSPS) is 10.8. The van der Waals surface area contributed by atoms with Gasteiger partial charge in [0.05, 0.1) is 5.39 Å². The van der Waals surface area contributed by atoms with Crippen LogP contribution < -0.4 is 10.7 Å². The highest BCUT2D eigenvalue weighted by Crippen LogP contribution is 2.11. The summed E-state index contributed by atoms with van der Waals surface area (Å²) < 4.78 is 1.84. The highest BCUT2D eigenvalue weighted by Gasteiger charge is 2.15. The van der Waals surface area contributed by atoms with E-state index >= 15 is 0 Å². The molecule has 0 unspecified atom stereocenters. The molecular weight excluding hydrogens is 314 g/mol. The maximum Gasteiger partial charge on any atom is 0.257 e. The number of amides is 1. The zero-order chi connectivity index (χ0) is 18.0. The summed E-state index contributed by atoms with van der Waals surface area (Å²) in [7, 11) is 0. The fourth-order valence-corrected chi connectivity index (χ4v) is 2.75. The van der Waals surface area contributed by atoms with Crippen molar-refractivity contribution >= 4 is 16.9 Å². The smallest absolute Gasteiger partial charge is 0.257 e.